The van der Waals surface area contributed by atoms with Crippen molar-refractivity contribution in [3.05, 3.63) is 60.2 Å². The summed E-state index contributed by atoms with van der Waals surface area (Å²) in [5, 5.41) is 0. The molecule has 21 heavy (non-hydrogen) atoms. The predicted octanol–water partition coefficient (Wildman–Crippen LogP) is 2.65. The molecule has 1 amide bonds. The van der Waals surface area contributed by atoms with Crippen molar-refractivity contribution in [1.29, 1.82) is 0 Å². The van der Waals surface area contributed by atoms with Crippen molar-refractivity contribution in [2.24, 2.45) is 0 Å². The lowest BCUT2D eigenvalue weighted by Gasteiger charge is -2.17. The molecule has 2 aromatic rings. The van der Waals surface area contributed by atoms with Crippen molar-refractivity contribution in [3.8, 4) is 5.75 Å². The number of pyridine rings is 1. The van der Waals surface area contributed by atoms with E-state index in [0.717, 1.165) is 5.56 Å². The molecule has 0 atom stereocenters. The van der Waals surface area contributed by atoms with Gasteiger partial charge in [-0.25, -0.2) is 4.39 Å². The van der Waals surface area contributed by atoms with Crippen LogP contribution in [0.4, 0.5) is 4.39 Å². The number of hydrogen-bond acceptors (Lipinski definition) is 3. The molecule has 1 heterocycles. The molecular weight excluding hydrogens is 271 g/mol. The number of nitrogens with zero attached hydrogens (tertiary/aromatic N) is 2. The molecule has 0 aliphatic carbocycles. The van der Waals surface area contributed by atoms with Crippen molar-refractivity contribution in [3.63, 3.8) is 0 Å². The Morgan fingerprint density at radius 3 is 2.90 bits per heavy atom. The van der Waals surface area contributed by atoms with Gasteiger partial charge in [0.2, 0.25) is 5.91 Å². The molecular formula is C16H17FN2O2. The summed E-state index contributed by atoms with van der Waals surface area (Å²) in [7, 11) is 1.73. The van der Waals surface area contributed by atoms with Crippen LogP contribution in [0.25, 0.3) is 0 Å². The number of hydrogen-bond donors (Lipinski definition) is 0. The van der Waals surface area contributed by atoms with Gasteiger partial charge in [-0.1, -0.05) is 12.1 Å². The SMILES string of the molecule is CN(Cc1cccnc1)C(=O)CCOc1cccc(F)c1. The van der Waals surface area contributed by atoms with Crippen LogP contribution in [-0.2, 0) is 11.3 Å². The first kappa shape index (κ1) is 15.0. The van der Waals surface area contributed by atoms with Gasteiger partial charge in [-0.3, -0.25) is 9.78 Å². The second-order valence-corrected chi connectivity index (χ2v) is 4.67. The van der Waals surface area contributed by atoms with E-state index in [4.69, 9.17) is 4.74 Å². The Labute approximate surface area is 123 Å². The topological polar surface area (TPSA) is 42.4 Å². The lowest BCUT2D eigenvalue weighted by molar-refractivity contribution is -0.130. The first-order chi connectivity index (χ1) is 10.1. The molecule has 0 N–H and O–H groups in total. The summed E-state index contributed by atoms with van der Waals surface area (Å²) in [4.78, 5) is 17.6. The van der Waals surface area contributed by atoms with Gasteiger partial charge in [0, 0.05) is 32.1 Å². The van der Waals surface area contributed by atoms with Gasteiger partial charge >= 0.3 is 0 Å². The maximum absolute atomic E-state index is 13.0. The molecule has 2 rings (SSSR count). The fourth-order valence-corrected chi connectivity index (χ4v) is 1.86. The first-order valence-corrected chi connectivity index (χ1v) is 6.66. The molecule has 0 spiro atoms. The summed E-state index contributed by atoms with van der Waals surface area (Å²) in [6, 6.07) is 9.62. The summed E-state index contributed by atoms with van der Waals surface area (Å²) in [6.07, 6.45) is 3.67. The van der Waals surface area contributed by atoms with Gasteiger partial charge in [-0.05, 0) is 23.8 Å². The van der Waals surface area contributed by atoms with E-state index in [1.54, 1.807) is 36.5 Å². The summed E-state index contributed by atoms with van der Waals surface area (Å²) in [6.45, 7) is 0.728. The highest BCUT2D eigenvalue weighted by Crippen LogP contribution is 2.12. The summed E-state index contributed by atoms with van der Waals surface area (Å²) >= 11 is 0. The monoisotopic (exact) mass is 288 g/mol. The van der Waals surface area contributed by atoms with Crippen molar-refractivity contribution in [2.75, 3.05) is 13.7 Å². The maximum Gasteiger partial charge on any atom is 0.226 e. The van der Waals surface area contributed by atoms with Crippen molar-refractivity contribution in [2.45, 2.75) is 13.0 Å². The van der Waals surface area contributed by atoms with E-state index < -0.39 is 0 Å². The van der Waals surface area contributed by atoms with Crippen LogP contribution < -0.4 is 4.74 Å². The summed E-state index contributed by atoms with van der Waals surface area (Å²) < 4.78 is 18.3. The third kappa shape index (κ3) is 4.87. The van der Waals surface area contributed by atoms with Gasteiger partial charge in [-0.15, -0.1) is 0 Å². The molecule has 0 saturated carbocycles. The van der Waals surface area contributed by atoms with Crippen LogP contribution in [0.2, 0.25) is 0 Å². The summed E-state index contributed by atoms with van der Waals surface area (Å²) in [5.41, 5.74) is 0.972. The first-order valence-electron chi connectivity index (χ1n) is 6.66. The zero-order chi connectivity index (χ0) is 15.1. The Morgan fingerprint density at radius 2 is 2.19 bits per heavy atom. The molecule has 0 fully saturated rings. The minimum absolute atomic E-state index is 0.0322. The molecule has 0 aliphatic rings. The molecule has 0 radical (unpaired) electrons. The van der Waals surface area contributed by atoms with E-state index >= 15 is 0 Å². The molecule has 0 saturated heterocycles. The Morgan fingerprint density at radius 1 is 1.33 bits per heavy atom. The largest absolute Gasteiger partial charge is 0.493 e. The number of ether oxygens (including phenoxy) is 1. The zero-order valence-electron chi connectivity index (χ0n) is 11.8. The smallest absolute Gasteiger partial charge is 0.226 e. The van der Waals surface area contributed by atoms with Crippen LogP contribution in [0.1, 0.15) is 12.0 Å². The number of aromatic nitrogens is 1. The van der Waals surface area contributed by atoms with Gasteiger partial charge in [0.25, 0.3) is 0 Å². The highest BCUT2D eigenvalue weighted by molar-refractivity contribution is 5.75. The lowest BCUT2D eigenvalue weighted by Crippen LogP contribution is -2.27. The van der Waals surface area contributed by atoms with E-state index in [1.807, 2.05) is 12.1 Å². The minimum Gasteiger partial charge on any atom is -0.493 e. The average Bonchev–Trinajstić information content (AvgIpc) is 2.48. The van der Waals surface area contributed by atoms with Gasteiger partial charge in [0.15, 0.2) is 0 Å². The second-order valence-electron chi connectivity index (χ2n) is 4.67. The fourth-order valence-electron chi connectivity index (χ4n) is 1.86. The van der Waals surface area contributed by atoms with Crippen LogP contribution in [0.3, 0.4) is 0 Å². The number of amides is 1. The predicted molar refractivity (Wildman–Crippen MR) is 77.2 cm³/mol. The Balaban J connectivity index is 1.76. The fraction of sp³-hybridized carbons (Fsp3) is 0.250. The van der Waals surface area contributed by atoms with Crippen molar-refractivity contribution in [1.82, 2.24) is 9.88 Å². The van der Waals surface area contributed by atoms with E-state index in [1.165, 1.54) is 12.1 Å². The van der Waals surface area contributed by atoms with E-state index in [-0.39, 0.29) is 24.8 Å². The van der Waals surface area contributed by atoms with Gasteiger partial charge in [0.05, 0.1) is 13.0 Å². The van der Waals surface area contributed by atoms with Crippen LogP contribution in [0, 0.1) is 5.82 Å². The number of rotatable bonds is 6. The molecule has 1 aromatic heterocycles. The quantitative estimate of drug-likeness (QED) is 0.820. The second kappa shape index (κ2) is 7.38. The molecule has 0 unspecified atom stereocenters. The highest BCUT2D eigenvalue weighted by Gasteiger charge is 2.09. The van der Waals surface area contributed by atoms with Crippen LogP contribution >= 0.6 is 0 Å². The van der Waals surface area contributed by atoms with Gasteiger partial charge in [-0.2, -0.15) is 0 Å². The number of halogens is 1. The van der Waals surface area contributed by atoms with Crippen LogP contribution in [0.5, 0.6) is 5.75 Å². The van der Waals surface area contributed by atoms with Gasteiger partial charge in [0.1, 0.15) is 11.6 Å². The Hall–Kier alpha value is -2.43. The van der Waals surface area contributed by atoms with E-state index in [0.29, 0.717) is 12.3 Å². The van der Waals surface area contributed by atoms with E-state index in [9.17, 15) is 9.18 Å². The van der Waals surface area contributed by atoms with Crippen LogP contribution in [-0.4, -0.2) is 29.4 Å². The van der Waals surface area contributed by atoms with E-state index in [2.05, 4.69) is 4.98 Å². The number of carbonyl (C=O) groups is 1. The molecule has 110 valence electrons. The standard InChI is InChI=1S/C16H17FN2O2/c1-19(12-13-4-3-8-18-11-13)16(20)7-9-21-15-6-2-5-14(17)10-15/h2-6,8,10-11H,7,9,12H2,1H3. The molecule has 5 heteroatoms. The molecule has 0 bridgehead atoms. The average molecular weight is 288 g/mol. The molecule has 1 aromatic carbocycles. The number of carbonyl (C=O) groups excluding carboxylic acids is 1. The normalized spacial score (nSPS) is 10.2. The number of benzene rings is 1. The molecule has 4 nitrogen and oxygen atoms in total. The van der Waals surface area contributed by atoms with Crippen LogP contribution in [0.15, 0.2) is 48.8 Å². The highest BCUT2D eigenvalue weighted by atomic mass is 19.1. The molecule has 0 aliphatic heterocycles. The maximum atomic E-state index is 13.0. The van der Waals surface area contributed by atoms with Crippen molar-refractivity contribution < 1.29 is 13.9 Å². The Kier molecular flexibility index (Phi) is 5.26. The van der Waals surface area contributed by atoms with Gasteiger partial charge < -0.3 is 9.64 Å². The third-order valence-electron chi connectivity index (χ3n) is 2.95. The lowest BCUT2D eigenvalue weighted by atomic mass is 10.2. The third-order valence-corrected chi connectivity index (χ3v) is 2.95. The zero-order valence-corrected chi connectivity index (χ0v) is 11.8. The Bertz CT molecular complexity index is 590. The van der Waals surface area contributed by atoms with Crippen molar-refractivity contribution >= 4 is 5.91 Å². The summed E-state index contributed by atoms with van der Waals surface area (Å²) in [5.74, 6) is 0.0421. The minimum atomic E-state index is -0.354.